The van der Waals surface area contributed by atoms with E-state index in [1.165, 1.54) is 11.1 Å². The minimum atomic E-state index is 0.888. The molecular weight excluding hydrogens is 548 g/mol. The number of para-hydroxylation sites is 1. The Morgan fingerprint density at radius 2 is 1.40 bits per heavy atom. The Balaban J connectivity index is 1.14. The van der Waals surface area contributed by atoms with Crippen LogP contribution in [0.1, 0.15) is 18.5 Å². The van der Waals surface area contributed by atoms with Crippen molar-refractivity contribution < 1.29 is 4.74 Å². The van der Waals surface area contributed by atoms with Gasteiger partial charge in [-0.2, -0.15) is 0 Å². The summed E-state index contributed by atoms with van der Waals surface area (Å²) in [5.41, 5.74) is 10.9. The van der Waals surface area contributed by atoms with Gasteiger partial charge in [0.05, 0.1) is 17.1 Å². The highest BCUT2D eigenvalue weighted by atomic mass is 16.5. The summed E-state index contributed by atoms with van der Waals surface area (Å²) in [7, 11) is 0. The smallest absolute Gasteiger partial charge is 0.135 e. The normalized spacial score (nSPS) is 13.4. The van der Waals surface area contributed by atoms with Crippen LogP contribution in [0.2, 0.25) is 0 Å². The van der Waals surface area contributed by atoms with Crippen molar-refractivity contribution in [3.8, 4) is 56.3 Å². The van der Waals surface area contributed by atoms with Gasteiger partial charge in [0.25, 0.3) is 0 Å². The lowest BCUT2D eigenvalue weighted by atomic mass is 9.91. The molecule has 7 aromatic rings. The van der Waals surface area contributed by atoms with Gasteiger partial charge in [-0.15, -0.1) is 0 Å². The molecule has 0 N–H and O–H groups in total. The molecule has 1 aliphatic carbocycles. The highest BCUT2D eigenvalue weighted by molar-refractivity contribution is 6.10. The topological polar surface area (TPSA) is 35.0 Å². The van der Waals surface area contributed by atoms with Crippen molar-refractivity contribution >= 4 is 27.1 Å². The zero-order valence-electron chi connectivity index (χ0n) is 24.6. The van der Waals surface area contributed by atoms with Crippen molar-refractivity contribution in [2.45, 2.75) is 12.8 Å². The largest absolute Gasteiger partial charge is 0.456 e. The molecule has 0 fully saturated rings. The lowest BCUT2D eigenvalue weighted by Gasteiger charge is -2.22. The predicted molar refractivity (Wildman–Crippen MR) is 185 cm³/mol. The van der Waals surface area contributed by atoms with Crippen molar-refractivity contribution in [1.82, 2.24) is 9.97 Å². The fourth-order valence-corrected chi connectivity index (χ4v) is 6.68. The molecule has 0 saturated heterocycles. The number of hydrogen-bond acceptors (Lipinski definition) is 3. The Morgan fingerprint density at radius 3 is 2.31 bits per heavy atom. The van der Waals surface area contributed by atoms with E-state index in [1.54, 1.807) is 0 Å². The third-order valence-electron chi connectivity index (χ3n) is 8.92. The number of allylic oxidation sites excluding steroid dienone is 4. The molecule has 3 heteroatoms. The van der Waals surface area contributed by atoms with Gasteiger partial charge in [-0.25, -0.2) is 4.98 Å². The minimum absolute atomic E-state index is 0.888. The van der Waals surface area contributed by atoms with Crippen LogP contribution in [0.3, 0.4) is 0 Å². The van der Waals surface area contributed by atoms with Gasteiger partial charge < -0.3 is 4.74 Å². The molecule has 0 saturated carbocycles. The summed E-state index contributed by atoms with van der Waals surface area (Å²) in [6.07, 6.45) is 10.9. The minimum Gasteiger partial charge on any atom is -0.456 e. The third-order valence-corrected chi connectivity index (χ3v) is 8.92. The number of pyridine rings is 2. The van der Waals surface area contributed by atoms with Gasteiger partial charge in [-0.1, -0.05) is 97.1 Å². The Bertz CT molecular complexity index is 2350. The van der Waals surface area contributed by atoms with E-state index in [9.17, 15) is 0 Å². The lowest BCUT2D eigenvalue weighted by molar-refractivity contribution is 0.487. The van der Waals surface area contributed by atoms with Gasteiger partial charge in [-0.05, 0) is 88.3 Å². The van der Waals surface area contributed by atoms with Crippen LogP contribution in [0.15, 0.2) is 146 Å². The fraction of sp³-hybridized carbons (Fsp3) is 0.0476. The summed E-state index contributed by atoms with van der Waals surface area (Å²) in [6, 6.07) is 42.7. The average molecular weight is 577 g/mol. The van der Waals surface area contributed by atoms with Crippen LogP contribution in [0, 0.1) is 0 Å². The van der Waals surface area contributed by atoms with Crippen LogP contribution in [-0.4, -0.2) is 9.97 Å². The molecule has 0 unspecified atom stereocenters. The summed E-state index contributed by atoms with van der Waals surface area (Å²) >= 11 is 0. The summed E-state index contributed by atoms with van der Waals surface area (Å²) < 4.78 is 6.32. The first kappa shape index (κ1) is 25.7. The van der Waals surface area contributed by atoms with Crippen molar-refractivity contribution in [3.05, 3.63) is 151 Å². The molecule has 212 valence electrons. The molecule has 0 spiro atoms. The Kier molecular flexibility index (Phi) is 5.95. The van der Waals surface area contributed by atoms with E-state index < -0.39 is 0 Å². The second-order valence-corrected chi connectivity index (χ2v) is 11.7. The van der Waals surface area contributed by atoms with E-state index in [4.69, 9.17) is 14.7 Å². The van der Waals surface area contributed by atoms with E-state index >= 15 is 0 Å². The maximum Gasteiger partial charge on any atom is 0.135 e. The molecule has 1 aliphatic heterocycles. The van der Waals surface area contributed by atoms with Crippen molar-refractivity contribution in [2.75, 3.05) is 0 Å². The molecule has 5 aromatic carbocycles. The monoisotopic (exact) mass is 576 g/mol. The van der Waals surface area contributed by atoms with Crippen molar-refractivity contribution in [2.24, 2.45) is 0 Å². The number of hydrogen-bond donors (Lipinski definition) is 0. The van der Waals surface area contributed by atoms with E-state index in [-0.39, 0.29) is 0 Å². The SMILES string of the molecule is C1=CC(c2cc(-c3ccc4cc(-c5ccc6c7c(cccc57)-c5ccccc5O6)ncc4c3)cc(-c3ccccc3)n2)=CCC1. The predicted octanol–water partition coefficient (Wildman–Crippen LogP) is 11.3. The lowest BCUT2D eigenvalue weighted by Crippen LogP contribution is -1.98. The van der Waals surface area contributed by atoms with Gasteiger partial charge in [0.15, 0.2) is 0 Å². The molecule has 0 radical (unpaired) electrons. The van der Waals surface area contributed by atoms with Crippen LogP contribution in [0.5, 0.6) is 11.5 Å². The fourth-order valence-electron chi connectivity index (χ4n) is 6.68. The Morgan fingerprint density at radius 1 is 0.533 bits per heavy atom. The molecule has 45 heavy (non-hydrogen) atoms. The van der Waals surface area contributed by atoms with Crippen LogP contribution in [-0.2, 0) is 0 Å². The number of ether oxygens (including phenoxy) is 1. The molecule has 2 aliphatic rings. The van der Waals surface area contributed by atoms with Crippen LogP contribution in [0.4, 0.5) is 0 Å². The van der Waals surface area contributed by atoms with Crippen molar-refractivity contribution in [1.29, 1.82) is 0 Å². The first-order valence-corrected chi connectivity index (χ1v) is 15.5. The quantitative estimate of drug-likeness (QED) is 0.209. The second kappa shape index (κ2) is 10.4. The first-order valence-electron chi connectivity index (χ1n) is 15.5. The standard InChI is InChI=1S/C42H28N2O/c1-3-10-27(11-4-1)37-24-31(25-38(44-37)28-12-5-2-6-13-28)29-18-19-30-23-39(43-26-32(30)22-29)33-20-21-41-42-35(33)15-9-16-36(42)34-14-7-8-17-40(34)45-41/h1,3-5,7-26H,2,6H2. The molecule has 0 bridgehead atoms. The Labute approximate surface area is 261 Å². The molecule has 9 rings (SSSR count). The van der Waals surface area contributed by atoms with Crippen molar-refractivity contribution in [3.63, 3.8) is 0 Å². The van der Waals surface area contributed by atoms with E-state index in [1.807, 2.05) is 24.4 Å². The van der Waals surface area contributed by atoms with Gasteiger partial charge in [0.1, 0.15) is 11.5 Å². The number of aromatic nitrogens is 2. The number of benzene rings is 5. The van der Waals surface area contributed by atoms with E-state index in [0.717, 1.165) is 90.8 Å². The Hall–Kier alpha value is -5.80. The molecule has 0 atom stereocenters. The maximum absolute atomic E-state index is 6.32. The highest BCUT2D eigenvalue weighted by Crippen LogP contribution is 2.48. The third kappa shape index (κ3) is 4.44. The average Bonchev–Trinajstić information content (AvgIpc) is 3.12. The summed E-state index contributed by atoms with van der Waals surface area (Å²) in [6.45, 7) is 0. The molecule has 3 nitrogen and oxygen atoms in total. The number of nitrogens with zero attached hydrogens (tertiary/aromatic N) is 2. The van der Waals surface area contributed by atoms with Gasteiger partial charge in [0.2, 0.25) is 0 Å². The van der Waals surface area contributed by atoms with Crippen LogP contribution >= 0.6 is 0 Å². The van der Waals surface area contributed by atoms with Gasteiger partial charge in [-0.3, -0.25) is 4.98 Å². The first-order chi connectivity index (χ1) is 22.3. The zero-order chi connectivity index (χ0) is 29.7. The molecule has 2 aromatic heterocycles. The summed E-state index contributed by atoms with van der Waals surface area (Å²) in [5, 5.41) is 4.54. The summed E-state index contributed by atoms with van der Waals surface area (Å²) in [5.74, 6) is 1.79. The highest BCUT2D eigenvalue weighted by Gasteiger charge is 2.21. The summed E-state index contributed by atoms with van der Waals surface area (Å²) in [4.78, 5) is 10.1. The van der Waals surface area contributed by atoms with Gasteiger partial charge >= 0.3 is 0 Å². The zero-order valence-corrected chi connectivity index (χ0v) is 24.6. The van der Waals surface area contributed by atoms with E-state index in [2.05, 4.69) is 121 Å². The molecule has 3 heterocycles. The van der Waals surface area contributed by atoms with Gasteiger partial charge in [0, 0.05) is 33.7 Å². The number of rotatable bonds is 4. The van der Waals surface area contributed by atoms with Crippen LogP contribution < -0.4 is 4.74 Å². The van der Waals surface area contributed by atoms with Crippen LogP contribution in [0.25, 0.3) is 71.9 Å². The van der Waals surface area contributed by atoms with E-state index in [0.29, 0.717) is 0 Å². The number of fused-ring (bicyclic) bond motifs is 3. The molecular formula is C42H28N2O. The molecule has 0 amide bonds. The second-order valence-electron chi connectivity index (χ2n) is 11.7. The maximum atomic E-state index is 6.32.